The number of carboxylic acid groups (broad SMARTS) is 1. The second kappa shape index (κ2) is 6.04. The monoisotopic (exact) mass is 172 g/mol. The normalized spacial score (nSPS) is 13.3. The fourth-order valence-corrected chi connectivity index (χ4v) is 1.36. The van der Waals surface area contributed by atoms with Crippen LogP contribution in [0.4, 0.5) is 0 Å². The van der Waals surface area contributed by atoms with Crippen molar-refractivity contribution >= 4 is 5.97 Å². The van der Waals surface area contributed by atoms with Crippen LogP contribution in [-0.4, -0.2) is 11.1 Å². The van der Waals surface area contributed by atoms with Gasteiger partial charge in [-0.05, 0) is 18.8 Å². The van der Waals surface area contributed by atoms with Crippen LogP contribution in [0.3, 0.4) is 0 Å². The highest BCUT2D eigenvalue weighted by Gasteiger charge is 2.17. The molecule has 0 radical (unpaired) electrons. The van der Waals surface area contributed by atoms with Crippen molar-refractivity contribution in [2.45, 2.75) is 46.5 Å². The lowest BCUT2D eigenvalue weighted by Gasteiger charge is -2.13. The molecule has 0 amide bonds. The first-order valence-electron chi connectivity index (χ1n) is 4.80. The van der Waals surface area contributed by atoms with Gasteiger partial charge in [0.25, 0.3) is 0 Å². The molecule has 0 saturated carbocycles. The van der Waals surface area contributed by atoms with Crippen molar-refractivity contribution in [1.82, 2.24) is 0 Å². The predicted molar refractivity (Wildman–Crippen MR) is 50.1 cm³/mol. The standard InChI is InChI=1S/C10H20O2/c1-4-5-6-9(10(11)12)7-8(2)3/h8-9H,4-7H2,1-3H3,(H,11,12)/t9-/m1/s1. The van der Waals surface area contributed by atoms with Crippen molar-refractivity contribution in [3.8, 4) is 0 Å². The van der Waals surface area contributed by atoms with Crippen LogP contribution in [0.1, 0.15) is 46.5 Å². The summed E-state index contributed by atoms with van der Waals surface area (Å²) in [6.07, 6.45) is 3.77. The molecule has 0 aliphatic carbocycles. The van der Waals surface area contributed by atoms with E-state index < -0.39 is 5.97 Å². The summed E-state index contributed by atoms with van der Waals surface area (Å²) in [7, 11) is 0. The van der Waals surface area contributed by atoms with Gasteiger partial charge in [-0.1, -0.05) is 33.6 Å². The minimum absolute atomic E-state index is 0.120. The molecular formula is C10H20O2. The largest absolute Gasteiger partial charge is 0.481 e. The summed E-state index contributed by atoms with van der Waals surface area (Å²) in [5, 5.41) is 8.85. The summed E-state index contributed by atoms with van der Waals surface area (Å²) in [6.45, 7) is 6.23. The van der Waals surface area contributed by atoms with Crippen LogP contribution in [0, 0.1) is 11.8 Å². The summed E-state index contributed by atoms with van der Waals surface area (Å²) in [4.78, 5) is 10.7. The number of aliphatic carboxylic acids is 1. The Hall–Kier alpha value is -0.530. The van der Waals surface area contributed by atoms with E-state index in [4.69, 9.17) is 5.11 Å². The zero-order valence-electron chi connectivity index (χ0n) is 8.34. The van der Waals surface area contributed by atoms with Gasteiger partial charge < -0.3 is 5.11 Å². The number of hydrogen-bond acceptors (Lipinski definition) is 1. The number of hydrogen-bond donors (Lipinski definition) is 1. The molecule has 0 rings (SSSR count). The van der Waals surface area contributed by atoms with E-state index in [-0.39, 0.29) is 5.92 Å². The average Bonchev–Trinajstić information content (AvgIpc) is 1.96. The molecule has 1 atom stereocenters. The van der Waals surface area contributed by atoms with E-state index in [1.807, 2.05) is 0 Å². The van der Waals surface area contributed by atoms with Gasteiger partial charge >= 0.3 is 5.97 Å². The maximum absolute atomic E-state index is 10.7. The van der Waals surface area contributed by atoms with E-state index in [1.54, 1.807) is 0 Å². The van der Waals surface area contributed by atoms with Crippen LogP contribution in [0.15, 0.2) is 0 Å². The van der Waals surface area contributed by atoms with Gasteiger partial charge in [0.1, 0.15) is 0 Å². The lowest BCUT2D eigenvalue weighted by molar-refractivity contribution is -0.142. The molecule has 2 heteroatoms. The second-order valence-electron chi connectivity index (χ2n) is 3.81. The molecule has 0 heterocycles. The van der Waals surface area contributed by atoms with Gasteiger partial charge in [0.2, 0.25) is 0 Å². The molecule has 0 unspecified atom stereocenters. The highest BCUT2D eigenvalue weighted by molar-refractivity contribution is 5.69. The fraction of sp³-hybridized carbons (Fsp3) is 0.900. The number of carbonyl (C=O) groups is 1. The van der Waals surface area contributed by atoms with Crippen molar-refractivity contribution in [2.75, 3.05) is 0 Å². The Bertz CT molecular complexity index is 130. The second-order valence-corrected chi connectivity index (χ2v) is 3.81. The molecular weight excluding hydrogens is 152 g/mol. The fourth-order valence-electron chi connectivity index (χ4n) is 1.36. The number of rotatable bonds is 6. The third-order valence-electron chi connectivity index (χ3n) is 2.01. The first kappa shape index (κ1) is 11.5. The summed E-state index contributed by atoms with van der Waals surface area (Å²) in [6, 6.07) is 0. The van der Waals surface area contributed by atoms with Crippen molar-refractivity contribution in [3.05, 3.63) is 0 Å². The van der Waals surface area contributed by atoms with Gasteiger partial charge in [-0.25, -0.2) is 0 Å². The maximum Gasteiger partial charge on any atom is 0.306 e. The van der Waals surface area contributed by atoms with E-state index in [2.05, 4.69) is 20.8 Å². The van der Waals surface area contributed by atoms with Gasteiger partial charge in [-0.15, -0.1) is 0 Å². The maximum atomic E-state index is 10.7. The van der Waals surface area contributed by atoms with Crippen molar-refractivity contribution in [2.24, 2.45) is 11.8 Å². The molecule has 0 aromatic rings. The van der Waals surface area contributed by atoms with Crippen LogP contribution in [0.5, 0.6) is 0 Å². The van der Waals surface area contributed by atoms with Crippen LogP contribution < -0.4 is 0 Å². The molecule has 0 aromatic carbocycles. The molecule has 72 valence electrons. The molecule has 0 saturated heterocycles. The smallest absolute Gasteiger partial charge is 0.306 e. The number of carboxylic acids is 1. The van der Waals surface area contributed by atoms with Crippen molar-refractivity contribution in [1.29, 1.82) is 0 Å². The lowest BCUT2D eigenvalue weighted by atomic mass is 9.92. The summed E-state index contributed by atoms with van der Waals surface area (Å²) in [5.41, 5.74) is 0. The van der Waals surface area contributed by atoms with Gasteiger partial charge in [0, 0.05) is 0 Å². The molecule has 2 nitrogen and oxygen atoms in total. The number of unbranched alkanes of at least 4 members (excludes halogenated alkanes) is 1. The van der Waals surface area contributed by atoms with Crippen LogP contribution in [-0.2, 0) is 4.79 Å². The van der Waals surface area contributed by atoms with E-state index >= 15 is 0 Å². The zero-order valence-corrected chi connectivity index (χ0v) is 8.34. The lowest BCUT2D eigenvalue weighted by Crippen LogP contribution is -2.15. The van der Waals surface area contributed by atoms with Gasteiger partial charge in [-0.2, -0.15) is 0 Å². The average molecular weight is 172 g/mol. The Morgan fingerprint density at radius 2 is 2.00 bits per heavy atom. The van der Waals surface area contributed by atoms with Crippen molar-refractivity contribution < 1.29 is 9.90 Å². The molecule has 1 N–H and O–H groups in total. The molecule has 0 aromatic heterocycles. The summed E-state index contributed by atoms with van der Waals surface area (Å²) in [5.74, 6) is -0.259. The Morgan fingerprint density at radius 1 is 1.42 bits per heavy atom. The minimum Gasteiger partial charge on any atom is -0.481 e. The van der Waals surface area contributed by atoms with Crippen LogP contribution >= 0.6 is 0 Å². The van der Waals surface area contributed by atoms with Gasteiger partial charge in [-0.3, -0.25) is 4.79 Å². The van der Waals surface area contributed by atoms with Crippen LogP contribution in [0.2, 0.25) is 0 Å². The van der Waals surface area contributed by atoms with E-state index in [0.29, 0.717) is 5.92 Å². The third kappa shape index (κ3) is 5.16. The highest BCUT2D eigenvalue weighted by Crippen LogP contribution is 2.18. The predicted octanol–water partition coefficient (Wildman–Crippen LogP) is 2.92. The SMILES string of the molecule is CCCC[C@H](CC(C)C)C(=O)O. The Kier molecular flexibility index (Phi) is 5.77. The Labute approximate surface area is 75.0 Å². The molecule has 12 heavy (non-hydrogen) atoms. The topological polar surface area (TPSA) is 37.3 Å². The van der Waals surface area contributed by atoms with E-state index in [9.17, 15) is 4.79 Å². The molecule has 0 aliphatic rings. The highest BCUT2D eigenvalue weighted by atomic mass is 16.4. The minimum atomic E-state index is -0.628. The summed E-state index contributed by atoms with van der Waals surface area (Å²) < 4.78 is 0. The van der Waals surface area contributed by atoms with E-state index in [1.165, 1.54) is 0 Å². The Balaban J connectivity index is 3.78. The van der Waals surface area contributed by atoms with Gasteiger partial charge in [0.05, 0.1) is 5.92 Å². The quantitative estimate of drug-likeness (QED) is 0.668. The van der Waals surface area contributed by atoms with Crippen LogP contribution in [0.25, 0.3) is 0 Å². The first-order chi connectivity index (χ1) is 5.57. The first-order valence-corrected chi connectivity index (χ1v) is 4.80. The molecule has 0 aliphatic heterocycles. The zero-order chi connectivity index (χ0) is 9.56. The Morgan fingerprint density at radius 3 is 2.33 bits per heavy atom. The van der Waals surface area contributed by atoms with Crippen molar-refractivity contribution in [3.63, 3.8) is 0 Å². The molecule has 0 fully saturated rings. The van der Waals surface area contributed by atoms with Gasteiger partial charge in [0.15, 0.2) is 0 Å². The molecule has 0 bridgehead atoms. The third-order valence-corrected chi connectivity index (χ3v) is 2.01. The van der Waals surface area contributed by atoms with E-state index in [0.717, 1.165) is 25.7 Å². The molecule has 0 spiro atoms. The summed E-state index contributed by atoms with van der Waals surface area (Å²) >= 11 is 0.